The molecule has 0 aliphatic carbocycles. The number of nitrogens with zero attached hydrogens (tertiary/aromatic N) is 7. The van der Waals surface area contributed by atoms with Crippen LogP contribution in [0.5, 0.6) is 0 Å². The number of H-pyrrole nitrogens is 1. The fourth-order valence-electron chi connectivity index (χ4n) is 4.93. The Labute approximate surface area is 224 Å². The number of anilines is 4. The molecule has 0 unspecified atom stereocenters. The van der Waals surface area contributed by atoms with E-state index in [4.69, 9.17) is 14.7 Å². The predicted octanol–water partition coefficient (Wildman–Crippen LogP) is 1.85. The zero-order chi connectivity index (χ0) is 26.9. The number of hydrogen-bond donors (Lipinski definition) is 2. The van der Waals surface area contributed by atoms with Crippen LogP contribution in [0.1, 0.15) is 18.2 Å². The highest BCUT2D eigenvalue weighted by Crippen LogP contribution is 2.32. The van der Waals surface area contributed by atoms with Gasteiger partial charge in [0.1, 0.15) is 11.6 Å². The van der Waals surface area contributed by atoms with Crippen molar-refractivity contribution in [2.75, 3.05) is 41.4 Å². The van der Waals surface area contributed by atoms with Gasteiger partial charge in [-0.25, -0.2) is 24.7 Å². The fraction of sp³-hybridized carbons (Fsp3) is 0.333. The second-order valence-electron chi connectivity index (χ2n) is 9.72. The topological polar surface area (TPSA) is 134 Å². The first-order valence-corrected chi connectivity index (χ1v) is 12.9. The Bertz CT molecular complexity index is 1570. The minimum absolute atomic E-state index is 0.202. The van der Waals surface area contributed by atoms with Crippen molar-refractivity contribution in [3.8, 4) is 11.4 Å². The van der Waals surface area contributed by atoms with Gasteiger partial charge in [-0.15, -0.1) is 0 Å². The summed E-state index contributed by atoms with van der Waals surface area (Å²) in [6.45, 7) is 5.62. The first kappa shape index (κ1) is 24.7. The molecule has 1 atom stereocenters. The summed E-state index contributed by atoms with van der Waals surface area (Å²) in [5.74, 6) is 2.60. The summed E-state index contributed by atoms with van der Waals surface area (Å²) in [6, 6.07) is 11.0. The van der Waals surface area contributed by atoms with Crippen molar-refractivity contribution in [2.24, 2.45) is 7.05 Å². The molecule has 2 N–H and O–H groups in total. The largest absolute Gasteiger partial charge is 0.377 e. The van der Waals surface area contributed by atoms with E-state index in [2.05, 4.69) is 37.0 Å². The quantitative estimate of drug-likeness (QED) is 0.396. The van der Waals surface area contributed by atoms with Crippen LogP contribution in [0.4, 0.5) is 23.3 Å². The molecule has 12 nitrogen and oxygen atoms in total. The van der Waals surface area contributed by atoms with E-state index in [0.29, 0.717) is 37.3 Å². The van der Waals surface area contributed by atoms with E-state index in [1.165, 1.54) is 13.1 Å². The first-order valence-electron chi connectivity index (χ1n) is 12.9. The molecule has 1 fully saturated rings. The van der Waals surface area contributed by atoms with Gasteiger partial charge >= 0.3 is 5.69 Å². The maximum absolute atomic E-state index is 12.0. The molecule has 1 aromatic carbocycles. The monoisotopic (exact) mass is 527 g/mol. The van der Waals surface area contributed by atoms with Crippen molar-refractivity contribution in [1.29, 1.82) is 0 Å². The minimum Gasteiger partial charge on any atom is -0.377 e. The SMILES string of the molecule is C[C@H]1COCCN1c1nc(-c2ccc(Nc3cc(=O)n(C)c(=O)[nH]3)cc2)nc2c1CCN(c1ncccn1)C2. The molecule has 0 saturated carbocycles. The highest BCUT2D eigenvalue weighted by Gasteiger charge is 2.29. The number of morpholine rings is 1. The number of aromatic amines is 1. The lowest BCUT2D eigenvalue weighted by Gasteiger charge is -2.37. The molecule has 2 aliphatic rings. The molecule has 0 amide bonds. The van der Waals surface area contributed by atoms with Crippen molar-refractivity contribution < 1.29 is 4.74 Å². The number of ether oxygens (including phenoxy) is 1. The highest BCUT2D eigenvalue weighted by atomic mass is 16.5. The van der Waals surface area contributed by atoms with Crippen LogP contribution in [-0.4, -0.2) is 61.8 Å². The van der Waals surface area contributed by atoms with Gasteiger partial charge in [0.05, 0.1) is 31.5 Å². The standard InChI is InChI=1S/C27H29N9O3/c1-17-16-39-13-12-36(17)25-20-8-11-35(26-28-9-3-10-29-26)15-21(20)31-24(33-25)18-4-6-19(7-5-18)30-22-14-23(37)34(2)27(38)32-22/h3-7,9-10,14,17,30H,8,11-13,15-16H2,1-2H3,(H,32,38)/t17-/m0/s1. The second kappa shape index (κ2) is 10.3. The third kappa shape index (κ3) is 4.98. The van der Waals surface area contributed by atoms with Crippen LogP contribution in [0, 0.1) is 0 Å². The van der Waals surface area contributed by atoms with E-state index < -0.39 is 5.69 Å². The van der Waals surface area contributed by atoms with Crippen LogP contribution < -0.4 is 26.4 Å². The minimum atomic E-state index is -0.483. The zero-order valence-electron chi connectivity index (χ0n) is 21.8. The first-order chi connectivity index (χ1) is 19.0. The molecule has 0 spiro atoms. The van der Waals surface area contributed by atoms with Gasteiger partial charge in [0, 0.05) is 55.4 Å². The van der Waals surface area contributed by atoms with Gasteiger partial charge in [-0.05, 0) is 43.7 Å². The van der Waals surface area contributed by atoms with E-state index in [-0.39, 0.29) is 11.6 Å². The molecule has 0 radical (unpaired) electrons. The van der Waals surface area contributed by atoms with Gasteiger partial charge in [-0.1, -0.05) is 0 Å². The molecule has 3 aromatic heterocycles. The average Bonchev–Trinajstić information content (AvgIpc) is 2.96. The Morgan fingerprint density at radius 3 is 2.62 bits per heavy atom. The summed E-state index contributed by atoms with van der Waals surface area (Å²) in [5, 5.41) is 3.08. The number of nitrogens with one attached hydrogen (secondary N) is 2. The Hall–Kier alpha value is -4.58. The lowest BCUT2D eigenvalue weighted by Crippen LogP contribution is -2.45. The molecule has 200 valence electrons. The number of fused-ring (bicyclic) bond motifs is 1. The van der Waals surface area contributed by atoms with Crippen molar-refractivity contribution >= 4 is 23.3 Å². The average molecular weight is 528 g/mol. The number of rotatable bonds is 5. The van der Waals surface area contributed by atoms with Crippen LogP contribution in [0.25, 0.3) is 11.4 Å². The summed E-state index contributed by atoms with van der Waals surface area (Å²) >= 11 is 0. The number of benzene rings is 1. The molecular weight excluding hydrogens is 498 g/mol. The van der Waals surface area contributed by atoms with E-state index in [0.717, 1.165) is 52.4 Å². The van der Waals surface area contributed by atoms with Crippen molar-refractivity contribution in [2.45, 2.75) is 25.9 Å². The molecular formula is C27H29N9O3. The summed E-state index contributed by atoms with van der Waals surface area (Å²) < 4.78 is 6.70. The highest BCUT2D eigenvalue weighted by molar-refractivity contribution is 5.66. The van der Waals surface area contributed by atoms with Gasteiger partial charge in [0.2, 0.25) is 5.95 Å². The molecule has 5 heterocycles. The van der Waals surface area contributed by atoms with E-state index >= 15 is 0 Å². The fourth-order valence-corrected chi connectivity index (χ4v) is 4.93. The van der Waals surface area contributed by atoms with Gasteiger partial charge in [-0.2, -0.15) is 0 Å². The Kier molecular flexibility index (Phi) is 6.53. The maximum atomic E-state index is 12.0. The van der Waals surface area contributed by atoms with Crippen molar-refractivity contribution in [3.63, 3.8) is 0 Å². The lowest BCUT2D eigenvalue weighted by molar-refractivity contribution is 0.0984. The van der Waals surface area contributed by atoms with Crippen molar-refractivity contribution in [1.82, 2.24) is 29.5 Å². The van der Waals surface area contributed by atoms with Crippen LogP contribution >= 0.6 is 0 Å². The predicted molar refractivity (Wildman–Crippen MR) is 147 cm³/mol. The van der Waals surface area contributed by atoms with Gasteiger partial charge in [0.25, 0.3) is 5.56 Å². The molecule has 39 heavy (non-hydrogen) atoms. The summed E-state index contributed by atoms with van der Waals surface area (Å²) in [6.07, 6.45) is 4.30. The molecule has 1 saturated heterocycles. The number of hydrogen-bond acceptors (Lipinski definition) is 10. The van der Waals surface area contributed by atoms with Crippen LogP contribution in [0.15, 0.2) is 58.4 Å². The molecule has 6 rings (SSSR count). The maximum Gasteiger partial charge on any atom is 0.329 e. The van der Waals surface area contributed by atoms with E-state index in [9.17, 15) is 9.59 Å². The summed E-state index contributed by atoms with van der Waals surface area (Å²) in [7, 11) is 1.43. The molecule has 2 aliphatic heterocycles. The van der Waals surface area contributed by atoms with Gasteiger partial charge in [-0.3, -0.25) is 14.3 Å². The molecule has 4 aromatic rings. The number of aromatic nitrogens is 6. The van der Waals surface area contributed by atoms with E-state index in [1.54, 1.807) is 12.4 Å². The van der Waals surface area contributed by atoms with Crippen LogP contribution in [-0.2, 0) is 24.8 Å². The van der Waals surface area contributed by atoms with Crippen LogP contribution in [0.3, 0.4) is 0 Å². The third-order valence-electron chi connectivity index (χ3n) is 7.08. The van der Waals surface area contributed by atoms with Crippen LogP contribution in [0.2, 0.25) is 0 Å². The van der Waals surface area contributed by atoms with Gasteiger partial charge in [0.15, 0.2) is 5.82 Å². The Morgan fingerprint density at radius 2 is 1.87 bits per heavy atom. The third-order valence-corrected chi connectivity index (χ3v) is 7.08. The lowest BCUT2D eigenvalue weighted by atomic mass is 10.0. The molecule has 0 bridgehead atoms. The Balaban J connectivity index is 1.34. The Morgan fingerprint density at radius 1 is 1.08 bits per heavy atom. The zero-order valence-corrected chi connectivity index (χ0v) is 21.8. The van der Waals surface area contributed by atoms with E-state index in [1.807, 2.05) is 30.3 Å². The second-order valence-corrected chi connectivity index (χ2v) is 9.72. The van der Waals surface area contributed by atoms with Crippen molar-refractivity contribution in [3.05, 3.63) is 80.9 Å². The molecule has 12 heteroatoms. The summed E-state index contributed by atoms with van der Waals surface area (Å²) in [5.41, 5.74) is 2.83. The normalized spacial score (nSPS) is 17.1. The van der Waals surface area contributed by atoms with Gasteiger partial charge < -0.3 is 19.9 Å². The summed E-state index contributed by atoms with van der Waals surface area (Å²) in [4.78, 5) is 50.0. The smallest absolute Gasteiger partial charge is 0.329 e.